The highest BCUT2D eigenvalue weighted by Gasteiger charge is 2.33. The van der Waals surface area contributed by atoms with E-state index >= 15 is 0 Å². The average molecular weight is 472 g/mol. The summed E-state index contributed by atoms with van der Waals surface area (Å²) in [6.45, 7) is 6.19. The first-order valence-corrected chi connectivity index (χ1v) is 14.2. The van der Waals surface area contributed by atoms with Gasteiger partial charge in [-0.3, -0.25) is 0 Å². The van der Waals surface area contributed by atoms with Crippen molar-refractivity contribution in [2.24, 2.45) is 4.40 Å². The van der Waals surface area contributed by atoms with E-state index in [0.717, 1.165) is 20.8 Å². The summed E-state index contributed by atoms with van der Waals surface area (Å²) in [5, 5.41) is 1.78. The summed E-state index contributed by atoms with van der Waals surface area (Å²) in [5.74, 6) is 0. The predicted octanol–water partition coefficient (Wildman–Crippen LogP) is 5.09. The molecule has 0 saturated heterocycles. The molecule has 0 aliphatic carbocycles. The van der Waals surface area contributed by atoms with Crippen LogP contribution in [0.5, 0.6) is 0 Å². The van der Waals surface area contributed by atoms with Gasteiger partial charge in [-0.15, -0.1) is 0 Å². The molecule has 0 atom stereocenters. The fraction of sp³-hybridized carbons (Fsp3) is 0.136. The maximum Gasteiger partial charge on any atom is 0.282 e. The molecule has 144 valence electrons. The molecule has 0 spiro atoms. The van der Waals surface area contributed by atoms with E-state index in [2.05, 4.69) is 45.6 Å². The van der Waals surface area contributed by atoms with Gasteiger partial charge >= 0.3 is 0 Å². The summed E-state index contributed by atoms with van der Waals surface area (Å²) in [5.41, 5.74) is 1.84. The van der Waals surface area contributed by atoms with Crippen LogP contribution in [0.4, 0.5) is 0 Å². The summed E-state index contributed by atoms with van der Waals surface area (Å²) in [7, 11) is -6.18. The zero-order chi connectivity index (χ0) is 20.4. The molecule has 0 amide bonds. The molecular formula is C22H22BrNO2SSi. The molecule has 3 nitrogen and oxygen atoms in total. The van der Waals surface area contributed by atoms with Crippen LogP contribution in [0, 0.1) is 6.92 Å². The highest BCUT2D eigenvalue weighted by atomic mass is 79.9. The van der Waals surface area contributed by atoms with Gasteiger partial charge in [-0.05, 0) is 36.8 Å². The van der Waals surface area contributed by atoms with Crippen molar-refractivity contribution >= 4 is 44.5 Å². The molecule has 0 aliphatic rings. The normalized spacial score (nSPS) is 12.8. The van der Waals surface area contributed by atoms with Crippen LogP contribution in [-0.4, -0.2) is 21.8 Å². The minimum Gasteiger partial charge on any atom is -0.199 e. The molecule has 0 fully saturated rings. The first-order chi connectivity index (χ1) is 13.2. The molecular weight excluding hydrogens is 450 g/mol. The monoisotopic (exact) mass is 471 g/mol. The van der Waals surface area contributed by atoms with Crippen LogP contribution in [-0.2, 0) is 10.0 Å². The molecule has 0 radical (unpaired) electrons. The fourth-order valence-electron chi connectivity index (χ4n) is 3.01. The number of aryl methyl sites for hydroxylation is 1. The fourth-order valence-corrected chi connectivity index (χ4v) is 7.67. The molecule has 0 unspecified atom stereocenters. The van der Waals surface area contributed by atoms with Gasteiger partial charge in [0.25, 0.3) is 10.0 Å². The lowest BCUT2D eigenvalue weighted by molar-refractivity contribution is 0.598. The van der Waals surface area contributed by atoms with Crippen molar-refractivity contribution in [1.29, 1.82) is 0 Å². The molecule has 3 aromatic carbocycles. The SMILES string of the molecule is Cc1ccc(S(=O)(=O)/N=C(\c2ccc(Br)cc2)[Si](C)(C)c2ccccc2)cc1. The highest BCUT2D eigenvalue weighted by Crippen LogP contribution is 2.21. The Labute approximate surface area is 176 Å². The van der Waals surface area contributed by atoms with Gasteiger partial charge in [0.1, 0.15) is 8.07 Å². The van der Waals surface area contributed by atoms with E-state index in [0.29, 0.717) is 5.33 Å². The third-order valence-corrected chi connectivity index (χ3v) is 10.1. The molecule has 0 saturated carbocycles. The van der Waals surface area contributed by atoms with Crippen LogP contribution in [0.25, 0.3) is 0 Å². The molecule has 0 bridgehead atoms. The molecule has 0 heterocycles. The van der Waals surface area contributed by atoms with E-state index in [1.165, 1.54) is 0 Å². The summed E-state index contributed by atoms with van der Waals surface area (Å²) in [6, 6.07) is 24.5. The first kappa shape index (κ1) is 20.7. The van der Waals surface area contributed by atoms with Gasteiger partial charge in [0.15, 0.2) is 0 Å². The molecule has 28 heavy (non-hydrogen) atoms. The predicted molar refractivity (Wildman–Crippen MR) is 123 cm³/mol. The van der Waals surface area contributed by atoms with Crippen LogP contribution in [0.2, 0.25) is 13.1 Å². The van der Waals surface area contributed by atoms with E-state index in [4.69, 9.17) is 0 Å². The van der Waals surface area contributed by atoms with Gasteiger partial charge in [-0.1, -0.05) is 94.4 Å². The molecule has 3 aromatic rings. The number of sulfonamides is 1. The van der Waals surface area contributed by atoms with Crippen molar-refractivity contribution in [2.75, 3.05) is 0 Å². The van der Waals surface area contributed by atoms with Gasteiger partial charge in [-0.2, -0.15) is 12.8 Å². The second-order valence-electron chi connectivity index (χ2n) is 7.23. The van der Waals surface area contributed by atoms with Gasteiger partial charge in [0.05, 0.1) is 4.90 Å². The van der Waals surface area contributed by atoms with Gasteiger partial charge in [0.2, 0.25) is 0 Å². The molecule has 3 rings (SSSR count). The lowest BCUT2D eigenvalue weighted by atomic mass is 10.2. The highest BCUT2D eigenvalue weighted by molar-refractivity contribution is 9.10. The minimum atomic E-state index is -3.81. The largest absolute Gasteiger partial charge is 0.282 e. The zero-order valence-corrected chi connectivity index (χ0v) is 19.5. The van der Waals surface area contributed by atoms with Crippen molar-refractivity contribution in [3.63, 3.8) is 0 Å². The average Bonchev–Trinajstić information content (AvgIpc) is 2.68. The van der Waals surface area contributed by atoms with Gasteiger partial charge < -0.3 is 0 Å². The van der Waals surface area contributed by atoms with E-state index in [1.807, 2.05) is 49.4 Å². The number of nitrogens with zero attached hydrogens (tertiary/aromatic N) is 1. The van der Waals surface area contributed by atoms with Crippen molar-refractivity contribution in [3.8, 4) is 0 Å². The third-order valence-electron chi connectivity index (χ3n) is 4.74. The van der Waals surface area contributed by atoms with Crippen LogP contribution in [0.3, 0.4) is 0 Å². The summed E-state index contributed by atoms with van der Waals surface area (Å²) >= 11 is 3.45. The number of hydrogen-bond donors (Lipinski definition) is 0. The molecule has 6 heteroatoms. The number of benzene rings is 3. The van der Waals surface area contributed by atoms with Crippen molar-refractivity contribution in [1.82, 2.24) is 0 Å². The van der Waals surface area contributed by atoms with E-state index in [9.17, 15) is 8.42 Å². The smallest absolute Gasteiger partial charge is 0.199 e. The number of hydrogen-bond acceptors (Lipinski definition) is 2. The molecule has 0 aliphatic heterocycles. The van der Waals surface area contributed by atoms with Crippen molar-refractivity contribution in [3.05, 3.63) is 94.5 Å². The minimum absolute atomic E-state index is 0.213. The lowest BCUT2D eigenvalue weighted by Gasteiger charge is -2.25. The van der Waals surface area contributed by atoms with Crippen LogP contribution in [0.1, 0.15) is 11.1 Å². The van der Waals surface area contributed by atoms with Crippen LogP contribution >= 0.6 is 15.9 Å². The Balaban J connectivity index is 2.20. The van der Waals surface area contributed by atoms with Crippen LogP contribution in [0.15, 0.2) is 92.6 Å². The second-order valence-corrected chi connectivity index (χ2v) is 14.0. The summed E-state index contributed by atoms with van der Waals surface area (Å²) < 4.78 is 31.5. The van der Waals surface area contributed by atoms with Gasteiger partial charge in [-0.25, -0.2) is 0 Å². The molecule has 0 aromatic heterocycles. The molecule has 0 N–H and O–H groups in total. The Morgan fingerprint density at radius 2 is 1.43 bits per heavy atom. The standard InChI is InChI=1S/C22H22BrNO2SSi/c1-17-9-15-20(16-10-17)27(25,26)24-22(18-11-13-19(23)14-12-18)28(2,3)21-7-5-4-6-8-21/h4-16H,1-3H3/b24-22+. The Hall–Kier alpha value is -2.02. The maximum absolute atomic E-state index is 13.1. The Bertz CT molecular complexity index is 1090. The van der Waals surface area contributed by atoms with E-state index in [1.54, 1.807) is 24.3 Å². The van der Waals surface area contributed by atoms with Crippen molar-refractivity contribution < 1.29 is 8.42 Å². The topological polar surface area (TPSA) is 46.5 Å². The lowest BCUT2D eigenvalue weighted by Crippen LogP contribution is -2.50. The second kappa shape index (κ2) is 8.15. The van der Waals surface area contributed by atoms with Crippen molar-refractivity contribution in [2.45, 2.75) is 24.9 Å². The van der Waals surface area contributed by atoms with E-state index in [-0.39, 0.29) is 4.90 Å². The number of rotatable bonds is 5. The van der Waals surface area contributed by atoms with E-state index < -0.39 is 18.1 Å². The number of halogens is 1. The van der Waals surface area contributed by atoms with Crippen LogP contribution < -0.4 is 5.19 Å². The maximum atomic E-state index is 13.1. The summed E-state index contributed by atoms with van der Waals surface area (Å²) in [4.78, 5) is 0.213. The summed E-state index contributed by atoms with van der Waals surface area (Å²) in [6.07, 6.45) is 0. The third kappa shape index (κ3) is 4.51. The Kier molecular flexibility index (Phi) is 6.03. The Morgan fingerprint density at radius 1 is 0.857 bits per heavy atom. The zero-order valence-electron chi connectivity index (χ0n) is 16.1. The first-order valence-electron chi connectivity index (χ1n) is 8.94. The van der Waals surface area contributed by atoms with Gasteiger partial charge in [0, 0.05) is 9.81 Å². The Morgan fingerprint density at radius 3 is 2.00 bits per heavy atom. The quantitative estimate of drug-likeness (QED) is 0.384.